The van der Waals surface area contributed by atoms with Crippen LogP contribution in [0, 0.1) is 21.4 Å². The highest BCUT2D eigenvalue weighted by Crippen LogP contribution is 2.40. The third-order valence-corrected chi connectivity index (χ3v) is 4.31. The number of hydrogen-bond donors (Lipinski definition) is 0. The highest BCUT2D eigenvalue weighted by molar-refractivity contribution is 5.81. The van der Waals surface area contributed by atoms with Crippen molar-refractivity contribution in [3.05, 3.63) is 27.8 Å². The van der Waals surface area contributed by atoms with Gasteiger partial charge in [0, 0.05) is 32.2 Å². The molecule has 0 bridgehead atoms. The van der Waals surface area contributed by atoms with E-state index in [1.54, 1.807) is 12.1 Å². The molecule has 6 nitrogen and oxygen atoms in total. The molecule has 0 N–H and O–H groups in total. The quantitative estimate of drug-likeness (QED) is 0.631. The smallest absolute Gasteiger partial charge is 0.294 e. The average Bonchev–Trinajstić information content (AvgIpc) is 3.18. The predicted octanol–water partition coefficient (Wildman–Crippen LogP) is 2.67. The first kappa shape index (κ1) is 13.7. The minimum atomic E-state index is -0.373. The summed E-state index contributed by atoms with van der Waals surface area (Å²) in [5.41, 5.74) is 1.89. The van der Waals surface area contributed by atoms with Crippen LogP contribution in [-0.2, 0) is 0 Å². The first-order valence-corrected chi connectivity index (χ1v) is 7.44. The van der Waals surface area contributed by atoms with E-state index in [1.807, 2.05) is 4.90 Å². The van der Waals surface area contributed by atoms with Crippen molar-refractivity contribution in [2.24, 2.45) is 0 Å². The molecule has 1 aromatic carbocycles. The van der Waals surface area contributed by atoms with Crippen molar-refractivity contribution in [3.63, 3.8) is 0 Å². The topological polar surface area (TPSA) is 73.4 Å². The maximum absolute atomic E-state index is 11.3. The van der Waals surface area contributed by atoms with Gasteiger partial charge in [0.1, 0.15) is 17.3 Å². The summed E-state index contributed by atoms with van der Waals surface area (Å²) >= 11 is 0. The molecule has 0 spiro atoms. The lowest BCUT2D eigenvalue weighted by Gasteiger charge is -2.24. The molecule has 21 heavy (non-hydrogen) atoms. The van der Waals surface area contributed by atoms with Crippen LogP contribution in [-0.4, -0.2) is 31.1 Å². The lowest BCUT2D eigenvalue weighted by atomic mass is 10.1. The molecule has 6 heteroatoms. The van der Waals surface area contributed by atoms with Gasteiger partial charge in [0.25, 0.3) is 5.69 Å². The molecule has 0 amide bonds. The van der Waals surface area contributed by atoms with Crippen LogP contribution in [0.3, 0.4) is 0 Å². The third kappa shape index (κ3) is 2.40. The van der Waals surface area contributed by atoms with E-state index in [0.717, 1.165) is 57.5 Å². The number of hydrogen-bond acceptors (Lipinski definition) is 5. The molecular weight excluding hydrogens is 268 g/mol. The Morgan fingerprint density at radius 2 is 1.62 bits per heavy atom. The zero-order valence-corrected chi connectivity index (χ0v) is 11.9. The fourth-order valence-corrected chi connectivity index (χ4v) is 3.31. The van der Waals surface area contributed by atoms with Crippen LogP contribution < -0.4 is 9.80 Å². The maximum atomic E-state index is 11.3. The second-order valence-corrected chi connectivity index (χ2v) is 5.58. The van der Waals surface area contributed by atoms with E-state index in [9.17, 15) is 15.4 Å². The number of nitro groups is 1. The van der Waals surface area contributed by atoms with E-state index < -0.39 is 0 Å². The van der Waals surface area contributed by atoms with Gasteiger partial charge in [-0.2, -0.15) is 5.26 Å². The van der Waals surface area contributed by atoms with Gasteiger partial charge >= 0.3 is 0 Å². The van der Waals surface area contributed by atoms with Crippen LogP contribution in [0.5, 0.6) is 0 Å². The van der Waals surface area contributed by atoms with Gasteiger partial charge in [0.15, 0.2) is 0 Å². The zero-order chi connectivity index (χ0) is 14.8. The van der Waals surface area contributed by atoms with Crippen molar-refractivity contribution < 1.29 is 4.92 Å². The molecule has 0 aliphatic carbocycles. The van der Waals surface area contributed by atoms with Crippen LogP contribution in [0.25, 0.3) is 0 Å². The van der Waals surface area contributed by atoms with Crippen LogP contribution in [0.4, 0.5) is 17.1 Å². The minimum Gasteiger partial charge on any atom is -0.370 e. The number of benzene rings is 1. The maximum Gasteiger partial charge on any atom is 0.294 e. The predicted molar refractivity (Wildman–Crippen MR) is 80.7 cm³/mol. The Bertz CT molecular complexity index is 596. The Morgan fingerprint density at radius 1 is 1.05 bits per heavy atom. The zero-order valence-electron chi connectivity index (χ0n) is 11.9. The summed E-state index contributed by atoms with van der Waals surface area (Å²) in [7, 11) is 0. The van der Waals surface area contributed by atoms with E-state index in [-0.39, 0.29) is 10.6 Å². The van der Waals surface area contributed by atoms with Gasteiger partial charge < -0.3 is 9.80 Å². The summed E-state index contributed by atoms with van der Waals surface area (Å²) in [6.07, 6.45) is 4.27. The Hall–Kier alpha value is -2.29. The first-order chi connectivity index (χ1) is 10.2. The molecule has 110 valence electrons. The molecule has 0 unspecified atom stereocenters. The molecule has 2 saturated heterocycles. The normalized spacial score (nSPS) is 18.0. The van der Waals surface area contributed by atoms with Crippen LogP contribution in [0.1, 0.15) is 31.2 Å². The van der Waals surface area contributed by atoms with Gasteiger partial charge in [-0.25, -0.2) is 0 Å². The minimum absolute atomic E-state index is 0.0522. The van der Waals surface area contributed by atoms with Crippen molar-refractivity contribution in [1.29, 1.82) is 5.26 Å². The fourth-order valence-electron chi connectivity index (χ4n) is 3.31. The van der Waals surface area contributed by atoms with Crippen molar-refractivity contribution in [3.8, 4) is 6.07 Å². The Morgan fingerprint density at radius 3 is 2.14 bits per heavy atom. The van der Waals surface area contributed by atoms with Crippen LogP contribution in [0.2, 0.25) is 0 Å². The molecule has 3 rings (SSSR count). The summed E-state index contributed by atoms with van der Waals surface area (Å²) < 4.78 is 0. The van der Waals surface area contributed by atoms with Gasteiger partial charge in [-0.05, 0) is 31.7 Å². The second-order valence-electron chi connectivity index (χ2n) is 5.58. The molecule has 2 aliphatic rings. The molecule has 0 saturated carbocycles. The Labute approximate surface area is 123 Å². The summed E-state index contributed by atoms with van der Waals surface area (Å²) in [5.74, 6) is 0. The van der Waals surface area contributed by atoms with Crippen LogP contribution in [0.15, 0.2) is 12.1 Å². The number of anilines is 2. The summed E-state index contributed by atoms with van der Waals surface area (Å²) in [6, 6.07) is 5.52. The molecule has 1 aromatic rings. The SMILES string of the molecule is N#Cc1c(N2CCCC2)ccc([N+](=O)[O-])c1N1CCCC1. The van der Waals surface area contributed by atoms with E-state index in [2.05, 4.69) is 11.0 Å². The van der Waals surface area contributed by atoms with E-state index in [1.165, 1.54) is 0 Å². The largest absolute Gasteiger partial charge is 0.370 e. The van der Waals surface area contributed by atoms with Crippen molar-refractivity contribution >= 4 is 17.1 Å². The number of nitriles is 1. The lowest BCUT2D eigenvalue weighted by molar-refractivity contribution is -0.384. The van der Waals surface area contributed by atoms with E-state index in [4.69, 9.17) is 0 Å². The average molecular weight is 286 g/mol. The molecular formula is C15H18N4O2. The van der Waals surface area contributed by atoms with E-state index in [0.29, 0.717) is 11.3 Å². The van der Waals surface area contributed by atoms with Crippen molar-refractivity contribution in [1.82, 2.24) is 0 Å². The van der Waals surface area contributed by atoms with Gasteiger partial charge in [-0.15, -0.1) is 0 Å². The Kier molecular flexibility index (Phi) is 3.65. The lowest BCUT2D eigenvalue weighted by Crippen LogP contribution is -2.24. The third-order valence-electron chi connectivity index (χ3n) is 4.31. The molecule has 0 radical (unpaired) electrons. The van der Waals surface area contributed by atoms with Gasteiger partial charge in [0.05, 0.1) is 10.6 Å². The van der Waals surface area contributed by atoms with Gasteiger partial charge in [-0.1, -0.05) is 0 Å². The summed E-state index contributed by atoms with van der Waals surface area (Å²) in [4.78, 5) is 15.1. The van der Waals surface area contributed by atoms with Crippen molar-refractivity contribution in [2.75, 3.05) is 36.0 Å². The fraction of sp³-hybridized carbons (Fsp3) is 0.533. The summed E-state index contributed by atoms with van der Waals surface area (Å²) in [5, 5.41) is 20.9. The van der Waals surface area contributed by atoms with E-state index >= 15 is 0 Å². The molecule has 0 aromatic heterocycles. The van der Waals surface area contributed by atoms with Crippen LogP contribution >= 0.6 is 0 Å². The Balaban J connectivity index is 2.13. The number of nitrogens with zero attached hydrogens (tertiary/aromatic N) is 4. The monoisotopic (exact) mass is 286 g/mol. The molecule has 2 aliphatic heterocycles. The number of rotatable bonds is 3. The molecule has 0 atom stereocenters. The van der Waals surface area contributed by atoms with Gasteiger partial charge in [-0.3, -0.25) is 10.1 Å². The standard InChI is InChI=1S/C15H18N4O2/c16-11-12-13(17-7-1-2-8-17)5-6-14(19(20)21)15(12)18-9-3-4-10-18/h5-6H,1-4,7-10H2. The first-order valence-electron chi connectivity index (χ1n) is 7.44. The summed E-state index contributed by atoms with van der Waals surface area (Å²) in [6.45, 7) is 3.43. The highest BCUT2D eigenvalue weighted by atomic mass is 16.6. The molecule has 2 heterocycles. The second kappa shape index (κ2) is 5.60. The van der Waals surface area contributed by atoms with Crippen molar-refractivity contribution in [2.45, 2.75) is 25.7 Å². The van der Waals surface area contributed by atoms with Gasteiger partial charge in [0.2, 0.25) is 0 Å². The highest BCUT2D eigenvalue weighted by Gasteiger charge is 2.29. The molecule has 2 fully saturated rings. The number of nitro benzene ring substituents is 1.